The van der Waals surface area contributed by atoms with Gasteiger partial charge in [-0.05, 0) is 30.5 Å². The number of benzene rings is 1. The predicted octanol–water partition coefficient (Wildman–Crippen LogP) is 2.65. The number of nitriles is 1. The van der Waals surface area contributed by atoms with Crippen molar-refractivity contribution in [2.24, 2.45) is 0 Å². The summed E-state index contributed by atoms with van der Waals surface area (Å²) >= 11 is 0. The van der Waals surface area contributed by atoms with Crippen LogP contribution in [0.15, 0.2) is 55.3 Å². The number of amides is 2. The molecular formula is C22H22N4O3. The lowest BCUT2D eigenvalue weighted by Crippen LogP contribution is -2.50. The molecule has 0 unspecified atom stereocenters. The summed E-state index contributed by atoms with van der Waals surface area (Å²) in [6.45, 7) is 4.45. The molecular weight excluding hydrogens is 368 g/mol. The molecule has 3 rings (SSSR count). The fourth-order valence-electron chi connectivity index (χ4n) is 3.66. The Balaban J connectivity index is 1.90. The molecule has 1 saturated heterocycles. The fourth-order valence-corrected chi connectivity index (χ4v) is 3.66. The van der Waals surface area contributed by atoms with E-state index >= 15 is 0 Å². The van der Waals surface area contributed by atoms with E-state index in [9.17, 15) is 14.9 Å². The number of anilines is 1. The number of carbonyl (C=O) groups excluding carboxylic acids is 2. The molecule has 29 heavy (non-hydrogen) atoms. The standard InChI is InChI=1S/C22H22N4O3/c1-3-19(27)26-11-9-22(10-12-26,17-7-5-4-6-8-17)21(28)25-18-13-16(14-23)20(29-2)24-15-18/h3-8,13,15H,1,9-12H2,2H3,(H,25,28). The highest BCUT2D eigenvalue weighted by Crippen LogP contribution is 2.37. The van der Waals surface area contributed by atoms with Crippen LogP contribution >= 0.6 is 0 Å². The second-order valence-electron chi connectivity index (χ2n) is 6.82. The van der Waals surface area contributed by atoms with Gasteiger partial charge in [-0.1, -0.05) is 36.9 Å². The third-order valence-electron chi connectivity index (χ3n) is 5.29. The van der Waals surface area contributed by atoms with Crippen molar-refractivity contribution >= 4 is 17.5 Å². The number of ether oxygens (including phenoxy) is 1. The third-order valence-corrected chi connectivity index (χ3v) is 5.29. The molecule has 2 heterocycles. The number of nitrogens with one attached hydrogen (secondary N) is 1. The number of hydrogen-bond donors (Lipinski definition) is 1. The van der Waals surface area contributed by atoms with Crippen molar-refractivity contribution in [3.05, 3.63) is 66.4 Å². The monoisotopic (exact) mass is 390 g/mol. The van der Waals surface area contributed by atoms with Crippen LogP contribution in [0, 0.1) is 11.3 Å². The van der Waals surface area contributed by atoms with Gasteiger partial charge in [0.05, 0.1) is 24.4 Å². The van der Waals surface area contributed by atoms with Crippen molar-refractivity contribution in [1.82, 2.24) is 9.88 Å². The van der Waals surface area contributed by atoms with Gasteiger partial charge < -0.3 is 15.0 Å². The van der Waals surface area contributed by atoms with Crippen LogP contribution in [0.5, 0.6) is 5.88 Å². The minimum atomic E-state index is -0.786. The smallest absolute Gasteiger partial charge is 0.245 e. The normalized spacial score (nSPS) is 15.1. The van der Waals surface area contributed by atoms with Crippen molar-refractivity contribution in [2.75, 3.05) is 25.5 Å². The topological polar surface area (TPSA) is 95.3 Å². The van der Waals surface area contributed by atoms with Gasteiger partial charge >= 0.3 is 0 Å². The molecule has 0 aliphatic carbocycles. The molecule has 0 spiro atoms. The third kappa shape index (κ3) is 3.97. The summed E-state index contributed by atoms with van der Waals surface area (Å²) in [5.74, 6) is -0.116. The van der Waals surface area contributed by atoms with Crippen molar-refractivity contribution < 1.29 is 14.3 Å². The molecule has 1 N–H and O–H groups in total. The lowest BCUT2D eigenvalue weighted by atomic mass is 9.72. The fraction of sp³-hybridized carbons (Fsp3) is 0.273. The van der Waals surface area contributed by atoms with E-state index in [2.05, 4.69) is 16.9 Å². The van der Waals surface area contributed by atoms with E-state index < -0.39 is 5.41 Å². The van der Waals surface area contributed by atoms with Crippen LogP contribution < -0.4 is 10.1 Å². The molecule has 0 radical (unpaired) electrons. The number of methoxy groups -OCH3 is 1. The zero-order valence-electron chi connectivity index (χ0n) is 16.2. The van der Waals surface area contributed by atoms with Crippen LogP contribution in [0.1, 0.15) is 24.0 Å². The quantitative estimate of drug-likeness (QED) is 0.792. The molecule has 1 aromatic carbocycles. The molecule has 0 atom stereocenters. The molecule has 0 bridgehead atoms. The van der Waals surface area contributed by atoms with E-state index in [1.54, 1.807) is 11.0 Å². The van der Waals surface area contributed by atoms with Gasteiger partial charge in [-0.15, -0.1) is 0 Å². The van der Waals surface area contributed by atoms with Crippen molar-refractivity contribution in [2.45, 2.75) is 18.3 Å². The van der Waals surface area contributed by atoms with Crippen molar-refractivity contribution in [3.63, 3.8) is 0 Å². The molecule has 1 aliphatic rings. The first-order valence-corrected chi connectivity index (χ1v) is 9.26. The van der Waals surface area contributed by atoms with Gasteiger partial charge in [0.2, 0.25) is 17.7 Å². The first kappa shape index (κ1) is 20.1. The molecule has 2 aromatic rings. The SMILES string of the molecule is C=CC(=O)N1CCC(C(=O)Nc2cnc(OC)c(C#N)c2)(c2ccccc2)CC1. The lowest BCUT2D eigenvalue weighted by Gasteiger charge is -2.40. The highest BCUT2D eigenvalue weighted by Gasteiger charge is 2.43. The van der Waals surface area contributed by atoms with Crippen molar-refractivity contribution in [1.29, 1.82) is 5.26 Å². The summed E-state index contributed by atoms with van der Waals surface area (Å²) in [4.78, 5) is 31.2. The van der Waals surface area contributed by atoms with E-state index in [0.29, 0.717) is 31.6 Å². The minimum absolute atomic E-state index is 0.134. The van der Waals surface area contributed by atoms with Crippen LogP contribution in [0.2, 0.25) is 0 Å². The Morgan fingerprint density at radius 2 is 2.00 bits per heavy atom. The molecule has 0 saturated carbocycles. The van der Waals surface area contributed by atoms with E-state index in [1.807, 2.05) is 36.4 Å². The zero-order valence-corrected chi connectivity index (χ0v) is 16.2. The second kappa shape index (κ2) is 8.57. The van der Waals surface area contributed by atoms with Gasteiger partial charge in [-0.3, -0.25) is 9.59 Å². The number of carbonyl (C=O) groups is 2. The Bertz CT molecular complexity index is 958. The Labute approximate surface area is 169 Å². The maximum Gasteiger partial charge on any atom is 0.245 e. The summed E-state index contributed by atoms with van der Waals surface area (Å²) in [5.41, 5.74) is 0.772. The lowest BCUT2D eigenvalue weighted by molar-refractivity contribution is -0.131. The van der Waals surface area contributed by atoms with Gasteiger partial charge in [0.25, 0.3) is 0 Å². The van der Waals surface area contributed by atoms with Gasteiger partial charge in [0, 0.05) is 13.1 Å². The Morgan fingerprint density at radius 3 is 2.59 bits per heavy atom. The molecule has 7 heteroatoms. The first-order valence-electron chi connectivity index (χ1n) is 9.26. The van der Waals surface area contributed by atoms with Gasteiger partial charge in [-0.25, -0.2) is 4.98 Å². The molecule has 1 aromatic heterocycles. The number of nitrogens with zero attached hydrogens (tertiary/aromatic N) is 3. The van der Waals surface area contributed by atoms with Crippen LogP contribution in [0.4, 0.5) is 5.69 Å². The summed E-state index contributed by atoms with van der Waals surface area (Å²) in [7, 11) is 1.43. The number of piperidine rings is 1. The molecule has 1 fully saturated rings. The maximum atomic E-state index is 13.4. The highest BCUT2D eigenvalue weighted by atomic mass is 16.5. The average molecular weight is 390 g/mol. The van der Waals surface area contributed by atoms with E-state index in [0.717, 1.165) is 5.56 Å². The number of aromatic nitrogens is 1. The van der Waals surface area contributed by atoms with E-state index in [1.165, 1.54) is 19.4 Å². The van der Waals surface area contributed by atoms with Gasteiger partial charge in [0.1, 0.15) is 11.6 Å². The summed E-state index contributed by atoms with van der Waals surface area (Å²) in [6, 6.07) is 13.1. The van der Waals surface area contributed by atoms with Crippen molar-refractivity contribution in [3.8, 4) is 11.9 Å². The number of pyridine rings is 1. The number of likely N-dealkylation sites (tertiary alicyclic amines) is 1. The molecule has 2 amide bonds. The number of rotatable bonds is 5. The summed E-state index contributed by atoms with van der Waals surface area (Å²) in [5, 5.41) is 12.2. The maximum absolute atomic E-state index is 13.4. The van der Waals surface area contributed by atoms with Crippen LogP contribution in [0.25, 0.3) is 0 Å². The molecule has 148 valence electrons. The molecule has 1 aliphatic heterocycles. The Morgan fingerprint density at radius 1 is 1.31 bits per heavy atom. The van der Waals surface area contributed by atoms with Gasteiger partial charge in [0.15, 0.2) is 0 Å². The Hall–Kier alpha value is -3.66. The Kier molecular flexibility index (Phi) is 5.93. The summed E-state index contributed by atoms with van der Waals surface area (Å²) < 4.78 is 5.05. The van der Waals surface area contributed by atoms with Crippen LogP contribution in [-0.2, 0) is 15.0 Å². The van der Waals surface area contributed by atoms with Gasteiger partial charge in [-0.2, -0.15) is 5.26 Å². The highest BCUT2D eigenvalue weighted by molar-refractivity contribution is 5.99. The largest absolute Gasteiger partial charge is 0.480 e. The average Bonchev–Trinajstić information content (AvgIpc) is 2.79. The van der Waals surface area contributed by atoms with E-state index in [4.69, 9.17) is 4.74 Å². The van der Waals surface area contributed by atoms with Crippen LogP contribution in [0.3, 0.4) is 0 Å². The van der Waals surface area contributed by atoms with Crippen LogP contribution in [-0.4, -0.2) is 41.9 Å². The zero-order chi connectivity index (χ0) is 20.9. The minimum Gasteiger partial charge on any atom is -0.480 e. The first-order chi connectivity index (χ1) is 14.0. The number of hydrogen-bond acceptors (Lipinski definition) is 5. The molecule has 7 nitrogen and oxygen atoms in total. The van der Waals surface area contributed by atoms with E-state index in [-0.39, 0.29) is 23.3 Å². The summed E-state index contributed by atoms with van der Waals surface area (Å²) in [6.07, 6.45) is 3.73. The second-order valence-corrected chi connectivity index (χ2v) is 6.82. The predicted molar refractivity (Wildman–Crippen MR) is 108 cm³/mol.